The van der Waals surface area contributed by atoms with Gasteiger partial charge in [0.1, 0.15) is 24.5 Å². The molecular formula is C34H35N9O9. The summed E-state index contributed by atoms with van der Waals surface area (Å²) in [4.78, 5) is 82.2. The number of tetrazole rings is 1. The third kappa shape index (κ3) is 8.56. The van der Waals surface area contributed by atoms with Gasteiger partial charge < -0.3 is 35.8 Å². The maximum absolute atomic E-state index is 13.1. The number of H-pyrrole nitrogens is 1. The summed E-state index contributed by atoms with van der Waals surface area (Å²) in [5.74, 6) is -2.12. The number of aromatic nitrogens is 6. The third-order valence-electron chi connectivity index (χ3n) is 8.67. The Kier molecular flexibility index (Phi) is 11.2. The van der Waals surface area contributed by atoms with E-state index in [1.807, 2.05) is 17.0 Å². The zero-order valence-corrected chi connectivity index (χ0v) is 27.9. The smallest absolute Gasteiger partial charge is 0.326 e. The van der Waals surface area contributed by atoms with E-state index in [0.29, 0.717) is 22.4 Å². The number of nitrogens with one attached hydrogen (secondary N) is 3. The molecule has 0 saturated carbocycles. The van der Waals surface area contributed by atoms with Crippen LogP contribution in [0.15, 0.2) is 41.2 Å². The Morgan fingerprint density at radius 1 is 1.06 bits per heavy atom. The molecule has 2 amide bonds. The molecule has 0 spiro atoms. The van der Waals surface area contributed by atoms with Crippen LogP contribution < -0.4 is 21.1 Å². The van der Waals surface area contributed by atoms with Gasteiger partial charge in [0.2, 0.25) is 5.91 Å². The summed E-state index contributed by atoms with van der Waals surface area (Å²) in [7, 11) is 0. The Labute approximate surface area is 295 Å². The average molecular weight is 714 g/mol. The summed E-state index contributed by atoms with van der Waals surface area (Å²) < 4.78 is 0.989. The maximum Gasteiger partial charge on any atom is 0.326 e. The van der Waals surface area contributed by atoms with Gasteiger partial charge in [-0.05, 0) is 90.6 Å². The predicted octanol–water partition coefficient (Wildman–Crippen LogP) is 0.595. The molecule has 52 heavy (non-hydrogen) atoms. The fourth-order valence-electron chi connectivity index (χ4n) is 6.17. The second-order valence-electron chi connectivity index (χ2n) is 12.2. The van der Waals surface area contributed by atoms with E-state index in [1.54, 1.807) is 19.1 Å². The Morgan fingerprint density at radius 2 is 1.77 bits per heavy atom. The van der Waals surface area contributed by atoms with Gasteiger partial charge in [-0.2, -0.15) is 0 Å². The van der Waals surface area contributed by atoms with E-state index in [2.05, 4.69) is 42.0 Å². The topological polar surface area (TPSA) is 263 Å². The fraction of sp³-hybridized carbons (Fsp3) is 0.353. The fourth-order valence-corrected chi connectivity index (χ4v) is 6.17. The molecule has 3 atom stereocenters. The Balaban J connectivity index is 1.20. The molecule has 4 aromatic rings. The highest BCUT2D eigenvalue weighted by atomic mass is 16.4. The van der Waals surface area contributed by atoms with Crippen molar-refractivity contribution in [2.45, 2.75) is 70.1 Å². The molecule has 2 aromatic carbocycles. The lowest BCUT2D eigenvalue weighted by Gasteiger charge is -2.30. The van der Waals surface area contributed by atoms with E-state index in [9.17, 15) is 39.0 Å². The Bertz CT molecular complexity index is 2120. The first-order valence-corrected chi connectivity index (χ1v) is 16.2. The van der Waals surface area contributed by atoms with Crippen LogP contribution in [0.2, 0.25) is 0 Å². The number of benzene rings is 2. The van der Waals surface area contributed by atoms with Crippen LogP contribution in [0.3, 0.4) is 0 Å². The van der Waals surface area contributed by atoms with Crippen LogP contribution in [-0.2, 0) is 38.6 Å². The molecule has 6 N–H and O–H groups in total. The summed E-state index contributed by atoms with van der Waals surface area (Å²) in [5, 5.41) is 44.1. The Hall–Kier alpha value is -6.64. The second-order valence-corrected chi connectivity index (χ2v) is 12.2. The van der Waals surface area contributed by atoms with Gasteiger partial charge in [-0.1, -0.05) is 5.92 Å². The highest BCUT2D eigenvalue weighted by Gasteiger charge is 2.30. The van der Waals surface area contributed by atoms with E-state index in [-0.39, 0.29) is 48.8 Å². The van der Waals surface area contributed by atoms with Crippen LogP contribution in [0.5, 0.6) is 0 Å². The standard InChI is InChI=1S/C34H35N9O9/c1-3-14-42(27-11-6-20-15-26-23(16-22(20)27)32(48)36-18(2)35-26)21-7-4-19(5-8-21)31(47)38-25(34(51)52)10-13-29(44)37-24(33(49)50)9-12-28-39-40-41-43(28)17-30(45)46/h1,4-5,7-8,15-16,24-25,27H,6,9-14,17H2,2H3,(H,37,44)(H,38,47)(H,45,46)(H,49,50)(H,51,52)(H,35,36,48)/t24-,25-,27+/m0/s1. The zero-order chi connectivity index (χ0) is 37.5. The van der Waals surface area contributed by atoms with Crippen molar-refractivity contribution in [1.82, 2.24) is 40.8 Å². The van der Waals surface area contributed by atoms with E-state index < -0.39 is 54.8 Å². The van der Waals surface area contributed by atoms with Gasteiger partial charge in [0.15, 0.2) is 5.82 Å². The number of anilines is 1. The first kappa shape index (κ1) is 36.6. The number of carbonyl (C=O) groups is 5. The van der Waals surface area contributed by atoms with Gasteiger partial charge >= 0.3 is 17.9 Å². The number of fused-ring (bicyclic) bond motifs is 2. The van der Waals surface area contributed by atoms with Crippen molar-refractivity contribution in [3.05, 3.63) is 75.1 Å². The quantitative estimate of drug-likeness (QED) is 0.0869. The van der Waals surface area contributed by atoms with E-state index in [1.165, 1.54) is 12.1 Å². The van der Waals surface area contributed by atoms with Crippen LogP contribution >= 0.6 is 0 Å². The van der Waals surface area contributed by atoms with Gasteiger partial charge in [-0.3, -0.25) is 19.2 Å². The number of carbonyl (C=O) groups excluding carboxylic acids is 2. The number of aromatic amines is 1. The lowest BCUT2D eigenvalue weighted by molar-refractivity contribution is -0.142. The predicted molar refractivity (Wildman–Crippen MR) is 182 cm³/mol. The number of aryl methyl sites for hydroxylation is 3. The number of hydrogen-bond donors (Lipinski definition) is 6. The molecule has 5 rings (SSSR count). The van der Waals surface area contributed by atoms with Crippen LogP contribution in [0.4, 0.5) is 5.69 Å². The van der Waals surface area contributed by atoms with E-state index >= 15 is 0 Å². The summed E-state index contributed by atoms with van der Waals surface area (Å²) in [5.41, 5.74) is 3.28. The molecule has 270 valence electrons. The number of carboxylic acid groups (broad SMARTS) is 3. The van der Waals surface area contributed by atoms with Gasteiger partial charge in [-0.15, -0.1) is 11.5 Å². The molecule has 0 fully saturated rings. The van der Waals surface area contributed by atoms with Crippen LogP contribution in [0, 0.1) is 19.3 Å². The molecule has 0 radical (unpaired) electrons. The van der Waals surface area contributed by atoms with Gasteiger partial charge in [0.05, 0.1) is 23.5 Å². The van der Waals surface area contributed by atoms with Crippen molar-refractivity contribution in [1.29, 1.82) is 0 Å². The zero-order valence-electron chi connectivity index (χ0n) is 27.9. The number of aliphatic carboxylic acids is 3. The monoisotopic (exact) mass is 713 g/mol. The van der Waals surface area contributed by atoms with E-state index in [0.717, 1.165) is 28.7 Å². The number of amides is 2. The van der Waals surface area contributed by atoms with Crippen molar-refractivity contribution >= 4 is 46.3 Å². The van der Waals surface area contributed by atoms with Crippen molar-refractivity contribution in [3.63, 3.8) is 0 Å². The first-order chi connectivity index (χ1) is 24.8. The van der Waals surface area contributed by atoms with Gasteiger partial charge in [0, 0.05) is 24.1 Å². The van der Waals surface area contributed by atoms with Crippen molar-refractivity contribution in [2.75, 3.05) is 11.4 Å². The number of rotatable bonds is 16. The van der Waals surface area contributed by atoms with Crippen molar-refractivity contribution < 1.29 is 39.3 Å². The van der Waals surface area contributed by atoms with Crippen molar-refractivity contribution in [2.24, 2.45) is 0 Å². The minimum absolute atomic E-state index is 0.0612. The molecule has 1 aliphatic carbocycles. The molecule has 0 unspecified atom stereocenters. The summed E-state index contributed by atoms with van der Waals surface area (Å²) in [6, 6.07) is 7.21. The van der Waals surface area contributed by atoms with Gasteiger partial charge in [0.25, 0.3) is 11.5 Å². The summed E-state index contributed by atoms with van der Waals surface area (Å²) in [6.45, 7) is 1.44. The minimum Gasteiger partial charge on any atom is -0.480 e. The number of hydrogen-bond acceptors (Lipinski definition) is 11. The number of carboxylic acids is 3. The molecule has 2 heterocycles. The largest absolute Gasteiger partial charge is 0.480 e. The molecule has 2 aromatic heterocycles. The highest BCUT2D eigenvalue weighted by Crippen LogP contribution is 2.39. The molecule has 0 bridgehead atoms. The lowest BCUT2D eigenvalue weighted by Crippen LogP contribution is -2.44. The van der Waals surface area contributed by atoms with Crippen molar-refractivity contribution in [3.8, 4) is 12.3 Å². The van der Waals surface area contributed by atoms with Crippen LogP contribution in [0.1, 0.15) is 64.9 Å². The third-order valence-corrected chi connectivity index (χ3v) is 8.67. The summed E-state index contributed by atoms with van der Waals surface area (Å²) in [6.07, 6.45) is 6.24. The molecule has 0 saturated heterocycles. The molecule has 1 aliphatic rings. The maximum atomic E-state index is 13.1. The average Bonchev–Trinajstić information content (AvgIpc) is 3.71. The molecule has 0 aliphatic heterocycles. The first-order valence-electron chi connectivity index (χ1n) is 16.2. The van der Waals surface area contributed by atoms with E-state index in [4.69, 9.17) is 11.5 Å². The second kappa shape index (κ2) is 15.9. The number of nitrogens with zero attached hydrogens (tertiary/aromatic N) is 6. The van der Waals surface area contributed by atoms with Crippen LogP contribution in [-0.4, -0.2) is 93.8 Å². The SMILES string of the molecule is C#CCN(c1ccc(C(=O)N[C@@H](CCC(=O)N[C@@H](CCc2nnnn2CC(=O)O)C(=O)O)C(=O)O)cc1)[C@@H]1CCc2cc3nc(C)[nH]c(=O)c3cc21. The molecule has 18 nitrogen and oxygen atoms in total. The van der Waals surface area contributed by atoms with Gasteiger partial charge in [-0.25, -0.2) is 19.3 Å². The molecule has 18 heteroatoms. The summed E-state index contributed by atoms with van der Waals surface area (Å²) >= 11 is 0. The highest BCUT2D eigenvalue weighted by molar-refractivity contribution is 5.97. The van der Waals surface area contributed by atoms with Crippen LogP contribution in [0.25, 0.3) is 10.9 Å². The Morgan fingerprint density at radius 3 is 2.44 bits per heavy atom. The normalized spacial score (nSPS) is 14.5. The minimum atomic E-state index is -1.47. The number of terminal acetylenes is 1. The molecular weight excluding hydrogens is 678 g/mol. The lowest BCUT2D eigenvalue weighted by atomic mass is 10.0.